The van der Waals surface area contributed by atoms with Crippen LogP contribution in [0, 0.1) is 5.21 Å². The van der Waals surface area contributed by atoms with Crippen molar-refractivity contribution in [3.63, 3.8) is 0 Å². The average Bonchev–Trinajstić information content (AvgIpc) is 2.29. The van der Waals surface area contributed by atoms with Gasteiger partial charge in [-0.2, -0.15) is 4.74 Å². The molecule has 1 atom stereocenters. The second kappa shape index (κ2) is 5.90. The molecule has 86 valence electrons. The Morgan fingerprint density at radius 1 is 1.50 bits per heavy atom. The van der Waals surface area contributed by atoms with Crippen LogP contribution in [-0.2, 0) is 9.53 Å². The van der Waals surface area contributed by atoms with E-state index in [1.807, 2.05) is 18.2 Å². The fourth-order valence-corrected chi connectivity index (χ4v) is 1.16. The number of carbonyl (C=O) groups is 1. The molecular formula is C12H15NO3. The van der Waals surface area contributed by atoms with E-state index in [-0.39, 0.29) is 6.61 Å². The van der Waals surface area contributed by atoms with E-state index in [4.69, 9.17) is 4.74 Å². The van der Waals surface area contributed by atoms with Gasteiger partial charge in [0.25, 0.3) is 6.04 Å². The minimum Gasteiger partial charge on any atom is -0.623 e. The summed E-state index contributed by atoms with van der Waals surface area (Å²) in [5.74, 6) is -0.510. The van der Waals surface area contributed by atoms with E-state index in [0.717, 1.165) is 5.56 Å². The van der Waals surface area contributed by atoms with Crippen molar-refractivity contribution in [3.8, 4) is 0 Å². The van der Waals surface area contributed by atoms with Crippen molar-refractivity contribution in [2.45, 2.75) is 19.9 Å². The molecule has 0 aromatic heterocycles. The van der Waals surface area contributed by atoms with E-state index >= 15 is 0 Å². The summed E-state index contributed by atoms with van der Waals surface area (Å²) in [4.78, 5) is 11.3. The quantitative estimate of drug-likeness (QED) is 0.255. The maximum absolute atomic E-state index is 11.6. The molecule has 1 aromatic carbocycles. The molecule has 0 heterocycles. The summed E-state index contributed by atoms with van der Waals surface area (Å²) in [6.07, 6.45) is 1.38. The normalized spacial score (nSPS) is 13.2. The van der Waals surface area contributed by atoms with Crippen LogP contribution in [-0.4, -0.2) is 29.6 Å². The highest BCUT2D eigenvalue weighted by molar-refractivity contribution is 5.78. The van der Waals surface area contributed by atoms with Crippen LogP contribution < -0.4 is 0 Å². The van der Waals surface area contributed by atoms with Crippen LogP contribution >= 0.6 is 0 Å². The van der Waals surface area contributed by atoms with Gasteiger partial charge in [0, 0.05) is 12.5 Å². The zero-order valence-electron chi connectivity index (χ0n) is 9.42. The van der Waals surface area contributed by atoms with Crippen LogP contribution in [0.15, 0.2) is 30.3 Å². The molecule has 4 heteroatoms. The first-order chi connectivity index (χ1) is 7.65. The van der Waals surface area contributed by atoms with Crippen LogP contribution in [0.25, 0.3) is 0 Å². The number of hydrogen-bond acceptors (Lipinski definition) is 3. The molecule has 1 rings (SSSR count). The van der Waals surface area contributed by atoms with Crippen LogP contribution in [0.3, 0.4) is 0 Å². The summed E-state index contributed by atoms with van der Waals surface area (Å²) < 4.78 is 5.37. The lowest BCUT2D eigenvalue weighted by atomic mass is 10.2. The number of benzene rings is 1. The zero-order valence-corrected chi connectivity index (χ0v) is 9.42. The lowest BCUT2D eigenvalue weighted by Gasteiger charge is -2.11. The topological polar surface area (TPSA) is 52.4 Å². The Kier molecular flexibility index (Phi) is 4.51. The highest BCUT2D eigenvalue weighted by Crippen LogP contribution is 1.98. The molecule has 0 aliphatic heterocycles. The van der Waals surface area contributed by atoms with E-state index in [0.29, 0.717) is 4.74 Å². The average molecular weight is 221 g/mol. The van der Waals surface area contributed by atoms with E-state index in [1.165, 1.54) is 13.1 Å². The monoisotopic (exact) mass is 221 g/mol. The minimum absolute atomic E-state index is 0.280. The van der Waals surface area contributed by atoms with Crippen molar-refractivity contribution in [3.05, 3.63) is 41.1 Å². The molecule has 0 aliphatic carbocycles. The Bertz CT molecular complexity index is 373. The molecule has 0 saturated heterocycles. The number of esters is 1. The largest absolute Gasteiger partial charge is 0.623 e. The molecule has 0 fully saturated rings. The number of nitrogens with zero attached hydrogens (tertiary/aromatic N) is 1. The van der Waals surface area contributed by atoms with Gasteiger partial charge in [-0.1, -0.05) is 18.2 Å². The summed E-state index contributed by atoms with van der Waals surface area (Å²) in [6, 6.07) is 8.29. The maximum atomic E-state index is 11.6. The Morgan fingerprint density at radius 2 is 2.12 bits per heavy atom. The van der Waals surface area contributed by atoms with Gasteiger partial charge in [0.15, 0.2) is 6.21 Å². The van der Waals surface area contributed by atoms with Crippen molar-refractivity contribution in [2.24, 2.45) is 0 Å². The lowest BCUT2D eigenvalue weighted by Crippen LogP contribution is -2.30. The zero-order chi connectivity index (χ0) is 12.0. The Balaban J connectivity index is 2.74. The second-order valence-corrected chi connectivity index (χ2v) is 3.33. The first kappa shape index (κ1) is 12.2. The number of hydrogen-bond donors (Lipinski definition) is 0. The third-order valence-electron chi connectivity index (χ3n) is 2.09. The van der Waals surface area contributed by atoms with Crippen molar-refractivity contribution < 1.29 is 14.3 Å². The summed E-state index contributed by atoms with van der Waals surface area (Å²) in [5.41, 5.74) is 0.758. The van der Waals surface area contributed by atoms with E-state index in [2.05, 4.69) is 0 Å². The van der Waals surface area contributed by atoms with Crippen LogP contribution in [0.1, 0.15) is 19.4 Å². The molecule has 16 heavy (non-hydrogen) atoms. The summed E-state index contributed by atoms with van der Waals surface area (Å²) in [5, 5.41) is 11.6. The lowest BCUT2D eigenvalue weighted by molar-refractivity contribution is -0.480. The smallest absolute Gasteiger partial charge is 0.376 e. The van der Waals surface area contributed by atoms with Gasteiger partial charge >= 0.3 is 5.97 Å². The van der Waals surface area contributed by atoms with Crippen molar-refractivity contribution in [2.75, 3.05) is 6.61 Å². The molecule has 1 unspecified atom stereocenters. The van der Waals surface area contributed by atoms with Gasteiger partial charge in [0.2, 0.25) is 0 Å². The van der Waals surface area contributed by atoms with Crippen LogP contribution in [0.4, 0.5) is 0 Å². The molecule has 4 nitrogen and oxygen atoms in total. The molecule has 0 aliphatic rings. The second-order valence-electron chi connectivity index (χ2n) is 3.33. The van der Waals surface area contributed by atoms with Crippen molar-refractivity contribution >= 4 is 12.2 Å². The first-order valence-electron chi connectivity index (χ1n) is 5.17. The third kappa shape index (κ3) is 3.38. The summed E-state index contributed by atoms with van der Waals surface area (Å²) in [6.45, 7) is 3.51. The van der Waals surface area contributed by atoms with Gasteiger partial charge in [-0.3, -0.25) is 0 Å². The molecule has 0 spiro atoms. The molecule has 0 saturated carbocycles. The fourth-order valence-electron chi connectivity index (χ4n) is 1.16. The molecule has 0 bridgehead atoms. The molecule has 0 amide bonds. The Morgan fingerprint density at radius 3 is 2.69 bits per heavy atom. The number of hydroxylamine groups is 1. The predicted molar refractivity (Wildman–Crippen MR) is 61.3 cm³/mol. The van der Waals surface area contributed by atoms with Crippen molar-refractivity contribution in [1.29, 1.82) is 0 Å². The first-order valence-corrected chi connectivity index (χ1v) is 5.17. The summed E-state index contributed by atoms with van der Waals surface area (Å²) >= 11 is 0. The van der Waals surface area contributed by atoms with Gasteiger partial charge in [-0.25, -0.2) is 4.79 Å². The molecule has 0 radical (unpaired) electrons. The number of ether oxygens (including phenoxy) is 1. The number of carbonyl (C=O) groups excluding carboxylic acids is 1. The number of rotatable bonds is 4. The SMILES string of the molecule is CCOC(=O)C(C)/[N+]([O-])=C\c1ccccc1. The van der Waals surface area contributed by atoms with Gasteiger partial charge in [-0.05, 0) is 19.1 Å². The minimum atomic E-state index is -0.819. The fraction of sp³-hybridized carbons (Fsp3) is 0.333. The molecule has 0 N–H and O–H groups in total. The Labute approximate surface area is 94.7 Å². The molecule has 1 aromatic rings. The predicted octanol–water partition coefficient (Wildman–Crippen LogP) is 1.57. The highest BCUT2D eigenvalue weighted by atomic mass is 16.5. The van der Waals surface area contributed by atoms with E-state index in [1.54, 1.807) is 19.1 Å². The van der Waals surface area contributed by atoms with Gasteiger partial charge in [0.1, 0.15) is 0 Å². The van der Waals surface area contributed by atoms with Gasteiger partial charge in [0.05, 0.1) is 6.61 Å². The van der Waals surface area contributed by atoms with Gasteiger partial charge < -0.3 is 9.94 Å². The van der Waals surface area contributed by atoms with Gasteiger partial charge in [-0.15, -0.1) is 0 Å². The van der Waals surface area contributed by atoms with Crippen LogP contribution in [0.5, 0.6) is 0 Å². The standard InChI is InChI=1S/C12H15NO3/c1-3-16-12(14)10(2)13(15)9-11-7-5-4-6-8-11/h4-10H,3H2,1-2H3/b13-9+. The summed E-state index contributed by atoms with van der Waals surface area (Å²) in [7, 11) is 0. The van der Waals surface area contributed by atoms with Crippen molar-refractivity contribution in [1.82, 2.24) is 0 Å². The Hall–Kier alpha value is -1.84. The molecular weight excluding hydrogens is 206 g/mol. The van der Waals surface area contributed by atoms with Crippen LogP contribution in [0.2, 0.25) is 0 Å². The third-order valence-corrected chi connectivity index (χ3v) is 2.09. The van der Waals surface area contributed by atoms with E-state index in [9.17, 15) is 10.0 Å². The van der Waals surface area contributed by atoms with E-state index < -0.39 is 12.0 Å². The highest BCUT2D eigenvalue weighted by Gasteiger charge is 2.20. The maximum Gasteiger partial charge on any atom is 0.376 e.